The van der Waals surface area contributed by atoms with Gasteiger partial charge < -0.3 is 5.32 Å². The number of thiazole rings is 1. The van der Waals surface area contributed by atoms with Crippen molar-refractivity contribution in [2.45, 2.75) is 32.7 Å². The van der Waals surface area contributed by atoms with Crippen LogP contribution in [-0.4, -0.2) is 12.0 Å². The molecule has 0 atom stereocenters. The molecule has 0 radical (unpaired) electrons. The van der Waals surface area contributed by atoms with Crippen molar-refractivity contribution in [3.63, 3.8) is 0 Å². The third-order valence-electron chi connectivity index (χ3n) is 2.99. The van der Waals surface area contributed by atoms with Crippen LogP contribution in [0.15, 0.2) is 18.2 Å². The molecule has 1 N–H and O–H groups in total. The highest BCUT2D eigenvalue weighted by Gasteiger charge is 2.11. The lowest BCUT2D eigenvalue weighted by molar-refractivity contribution is 0.796. The molecular weight excluding hydrogens is 311 g/mol. The highest BCUT2D eigenvalue weighted by Crippen LogP contribution is 2.26. The monoisotopic (exact) mass is 328 g/mol. The van der Waals surface area contributed by atoms with Gasteiger partial charge in [0, 0.05) is 17.8 Å². The van der Waals surface area contributed by atoms with Gasteiger partial charge in [-0.1, -0.05) is 42.6 Å². The van der Waals surface area contributed by atoms with Crippen molar-refractivity contribution in [3.05, 3.63) is 49.4 Å². The first-order chi connectivity index (χ1) is 9.63. The van der Waals surface area contributed by atoms with Crippen LogP contribution >= 0.6 is 34.5 Å². The van der Waals surface area contributed by atoms with Gasteiger partial charge in [0.15, 0.2) is 0 Å². The molecule has 108 valence electrons. The summed E-state index contributed by atoms with van der Waals surface area (Å²) in [5, 5.41) is 5.54. The van der Waals surface area contributed by atoms with Gasteiger partial charge in [0.25, 0.3) is 0 Å². The largest absolute Gasteiger partial charge is 0.315 e. The van der Waals surface area contributed by atoms with Crippen LogP contribution in [0.1, 0.15) is 34.5 Å². The summed E-state index contributed by atoms with van der Waals surface area (Å²) in [5.74, 6) is 0. The van der Waals surface area contributed by atoms with Gasteiger partial charge in [-0.05, 0) is 31.2 Å². The van der Waals surface area contributed by atoms with E-state index in [0.717, 1.165) is 36.4 Å². The van der Waals surface area contributed by atoms with E-state index in [2.05, 4.69) is 12.2 Å². The molecule has 0 saturated heterocycles. The Morgan fingerprint density at radius 2 is 2.05 bits per heavy atom. The van der Waals surface area contributed by atoms with Gasteiger partial charge in [-0.2, -0.15) is 0 Å². The van der Waals surface area contributed by atoms with E-state index in [-0.39, 0.29) is 0 Å². The number of halogens is 2. The van der Waals surface area contributed by atoms with Gasteiger partial charge in [0.1, 0.15) is 0 Å². The Hall–Kier alpha value is -0.610. The lowest BCUT2D eigenvalue weighted by Gasteiger charge is -2.00. The molecule has 0 aliphatic carbocycles. The van der Waals surface area contributed by atoms with E-state index in [1.807, 2.05) is 25.2 Å². The van der Waals surface area contributed by atoms with Gasteiger partial charge >= 0.3 is 0 Å². The highest BCUT2D eigenvalue weighted by molar-refractivity contribution is 7.11. The van der Waals surface area contributed by atoms with Crippen molar-refractivity contribution in [1.82, 2.24) is 10.3 Å². The second-order valence-electron chi connectivity index (χ2n) is 4.68. The standard InChI is InChI=1S/C15H18Cl2N2S/c1-3-4-13-14(9-18-2)20-15(19-13)8-10-5-6-11(16)12(17)7-10/h5-7,18H,3-4,8-9H2,1-2H3. The normalized spacial score (nSPS) is 11.0. The second-order valence-corrected chi connectivity index (χ2v) is 6.67. The van der Waals surface area contributed by atoms with Gasteiger partial charge in [-0.15, -0.1) is 11.3 Å². The van der Waals surface area contributed by atoms with Crippen LogP contribution in [0.3, 0.4) is 0 Å². The van der Waals surface area contributed by atoms with Crippen molar-refractivity contribution >= 4 is 34.5 Å². The van der Waals surface area contributed by atoms with Crippen LogP contribution in [0.5, 0.6) is 0 Å². The quantitative estimate of drug-likeness (QED) is 0.830. The van der Waals surface area contributed by atoms with Crippen LogP contribution < -0.4 is 5.32 Å². The number of nitrogens with zero attached hydrogens (tertiary/aromatic N) is 1. The number of aryl methyl sites for hydroxylation is 1. The molecule has 1 aromatic heterocycles. The van der Waals surface area contributed by atoms with Crippen molar-refractivity contribution in [3.8, 4) is 0 Å². The fourth-order valence-electron chi connectivity index (χ4n) is 2.07. The molecule has 0 fully saturated rings. The molecule has 1 heterocycles. The Labute approximate surface area is 134 Å². The van der Waals surface area contributed by atoms with E-state index < -0.39 is 0 Å². The molecule has 0 aliphatic rings. The topological polar surface area (TPSA) is 24.9 Å². The second kappa shape index (κ2) is 7.41. The molecule has 2 aromatic rings. The first kappa shape index (κ1) is 15.8. The third kappa shape index (κ3) is 3.95. The SMILES string of the molecule is CCCc1nc(Cc2ccc(Cl)c(Cl)c2)sc1CNC. The Kier molecular flexibility index (Phi) is 5.85. The Bertz CT molecular complexity index is 558. The van der Waals surface area contributed by atoms with Crippen molar-refractivity contribution in [1.29, 1.82) is 0 Å². The molecule has 5 heteroatoms. The van der Waals surface area contributed by atoms with Gasteiger partial charge in [0.2, 0.25) is 0 Å². The molecule has 20 heavy (non-hydrogen) atoms. The predicted molar refractivity (Wildman–Crippen MR) is 88.1 cm³/mol. The van der Waals surface area contributed by atoms with Gasteiger partial charge in [-0.3, -0.25) is 0 Å². The molecule has 0 unspecified atom stereocenters. The number of benzene rings is 1. The molecular formula is C15H18Cl2N2S. The maximum absolute atomic E-state index is 6.06. The summed E-state index contributed by atoms with van der Waals surface area (Å²) in [6.45, 7) is 3.06. The first-order valence-corrected chi connectivity index (χ1v) is 8.27. The summed E-state index contributed by atoms with van der Waals surface area (Å²) in [4.78, 5) is 6.11. The molecule has 0 aliphatic heterocycles. The minimum absolute atomic E-state index is 0.595. The molecule has 0 amide bonds. The lowest BCUT2D eigenvalue weighted by atomic mass is 10.1. The van der Waals surface area contributed by atoms with Crippen LogP contribution in [0.25, 0.3) is 0 Å². The Balaban J connectivity index is 2.19. The summed E-state index contributed by atoms with van der Waals surface area (Å²) in [6.07, 6.45) is 2.96. The van der Waals surface area contributed by atoms with E-state index in [0.29, 0.717) is 10.0 Å². The molecule has 2 rings (SSSR count). The summed E-state index contributed by atoms with van der Waals surface area (Å²) < 4.78 is 0. The number of nitrogens with one attached hydrogen (secondary N) is 1. The van der Waals surface area contributed by atoms with Crippen molar-refractivity contribution in [2.75, 3.05) is 7.05 Å². The van der Waals surface area contributed by atoms with Crippen molar-refractivity contribution < 1.29 is 0 Å². The molecule has 2 nitrogen and oxygen atoms in total. The summed E-state index contributed by atoms with van der Waals surface area (Å²) in [7, 11) is 1.97. The lowest BCUT2D eigenvalue weighted by Crippen LogP contribution is -2.05. The first-order valence-electron chi connectivity index (χ1n) is 6.70. The summed E-state index contributed by atoms with van der Waals surface area (Å²) in [6, 6.07) is 5.77. The zero-order chi connectivity index (χ0) is 14.5. The summed E-state index contributed by atoms with van der Waals surface area (Å²) >= 11 is 13.8. The van der Waals surface area contributed by atoms with Crippen LogP contribution in [0.2, 0.25) is 10.0 Å². The zero-order valence-corrected chi connectivity index (χ0v) is 14.0. The summed E-state index contributed by atoms with van der Waals surface area (Å²) in [5.41, 5.74) is 2.37. The molecule has 1 aromatic carbocycles. The fraction of sp³-hybridized carbons (Fsp3) is 0.400. The zero-order valence-electron chi connectivity index (χ0n) is 11.7. The highest BCUT2D eigenvalue weighted by atomic mass is 35.5. The van der Waals surface area contributed by atoms with Gasteiger partial charge in [0.05, 0.1) is 20.7 Å². The number of hydrogen-bond acceptors (Lipinski definition) is 3. The minimum Gasteiger partial charge on any atom is -0.315 e. The average molecular weight is 329 g/mol. The molecule has 0 saturated carbocycles. The van der Waals surface area contributed by atoms with E-state index in [4.69, 9.17) is 28.2 Å². The van der Waals surface area contributed by atoms with E-state index >= 15 is 0 Å². The molecule has 0 spiro atoms. The minimum atomic E-state index is 0.595. The van der Waals surface area contributed by atoms with Crippen LogP contribution in [-0.2, 0) is 19.4 Å². The smallest absolute Gasteiger partial charge is 0.0975 e. The van der Waals surface area contributed by atoms with Crippen molar-refractivity contribution in [2.24, 2.45) is 0 Å². The van der Waals surface area contributed by atoms with E-state index in [1.54, 1.807) is 11.3 Å². The number of rotatable bonds is 6. The third-order valence-corrected chi connectivity index (χ3v) is 4.82. The van der Waals surface area contributed by atoms with Crippen LogP contribution in [0.4, 0.5) is 0 Å². The molecule has 0 bridgehead atoms. The van der Waals surface area contributed by atoms with Gasteiger partial charge in [-0.25, -0.2) is 4.98 Å². The predicted octanol–water partition coefficient (Wildman–Crippen LogP) is 4.71. The van der Waals surface area contributed by atoms with Crippen LogP contribution in [0, 0.1) is 0 Å². The number of aromatic nitrogens is 1. The van der Waals surface area contributed by atoms with E-state index in [9.17, 15) is 0 Å². The number of hydrogen-bond donors (Lipinski definition) is 1. The fourth-order valence-corrected chi connectivity index (χ4v) is 3.55. The maximum atomic E-state index is 6.06. The maximum Gasteiger partial charge on any atom is 0.0975 e. The van der Waals surface area contributed by atoms with E-state index in [1.165, 1.54) is 10.6 Å². The average Bonchev–Trinajstić information content (AvgIpc) is 2.77. The Morgan fingerprint density at radius 1 is 1.25 bits per heavy atom. The Morgan fingerprint density at radius 3 is 2.70 bits per heavy atom.